The quantitative estimate of drug-likeness (QED) is 0.738. The normalized spacial score (nSPS) is 20.9. The third kappa shape index (κ3) is 2.52. The molecule has 0 spiro atoms. The van der Waals surface area contributed by atoms with Crippen LogP contribution >= 0.6 is 11.6 Å². The van der Waals surface area contributed by atoms with Gasteiger partial charge in [-0.2, -0.15) is 8.42 Å². The Morgan fingerprint density at radius 1 is 1.41 bits per heavy atom. The molecule has 1 aliphatic rings. The lowest BCUT2D eigenvalue weighted by atomic mass is 10.4. The van der Waals surface area contributed by atoms with Crippen LogP contribution in [0.1, 0.15) is 6.42 Å². The molecule has 1 aromatic heterocycles. The van der Waals surface area contributed by atoms with E-state index in [1.54, 1.807) is 0 Å². The van der Waals surface area contributed by atoms with Crippen molar-refractivity contribution in [2.75, 3.05) is 11.4 Å². The SMILES string of the molecule is O=C1CC(S(=O)(=O)F)CN1c1ccc(Cl)nn1. The zero-order chi connectivity index (χ0) is 12.6. The van der Waals surface area contributed by atoms with Gasteiger partial charge in [0.2, 0.25) is 5.91 Å². The number of halogens is 2. The van der Waals surface area contributed by atoms with Crippen molar-refractivity contribution in [3.63, 3.8) is 0 Å². The molecule has 1 unspecified atom stereocenters. The van der Waals surface area contributed by atoms with Crippen molar-refractivity contribution >= 4 is 33.5 Å². The summed E-state index contributed by atoms with van der Waals surface area (Å²) in [4.78, 5) is 12.6. The van der Waals surface area contributed by atoms with Gasteiger partial charge in [0, 0.05) is 13.0 Å². The minimum atomic E-state index is -4.72. The van der Waals surface area contributed by atoms with E-state index in [4.69, 9.17) is 11.6 Å². The van der Waals surface area contributed by atoms with Crippen molar-refractivity contribution in [2.24, 2.45) is 0 Å². The standard InChI is InChI=1S/C8H7ClFN3O3S/c9-6-1-2-7(12-11-6)13-4-5(3-8(13)14)17(10,15)16/h1-2,5H,3-4H2. The molecule has 0 N–H and O–H groups in total. The second-order valence-corrected chi connectivity index (χ2v) is 5.53. The van der Waals surface area contributed by atoms with Gasteiger partial charge in [0.1, 0.15) is 5.25 Å². The third-order valence-corrected chi connectivity index (χ3v) is 3.70. The fourth-order valence-electron chi connectivity index (χ4n) is 1.54. The maximum Gasteiger partial charge on any atom is 0.307 e. The van der Waals surface area contributed by atoms with Crippen LogP contribution in [-0.2, 0) is 15.0 Å². The minimum absolute atomic E-state index is 0.148. The first kappa shape index (κ1) is 12.2. The van der Waals surface area contributed by atoms with Crippen LogP contribution in [-0.4, -0.2) is 36.3 Å². The summed E-state index contributed by atoms with van der Waals surface area (Å²) in [6, 6.07) is 2.83. The summed E-state index contributed by atoms with van der Waals surface area (Å²) < 4.78 is 34.2. The predicted octanol–water partition coefficient (Wildman–Crippen LogP) is 0.535. The van der Waals surface area contributed by atoms with Gasteiger partial charge in [-0.25, -0.2) is 0 Å². The molecule has 2 rings (SSSR count). The lowest BCUT2D eigenvalue weighted by Crippen LogP contribution is -2.27. The van der Waals surface area contributed by atoms with E-state index in [0.717, 1.165) is 4.90 Å². The van der Waals surface area contributed by atoms with Gasteiger partial charge in [-0.15, -0.1) is 14.1 Å². The molecule has 92 valence electrons. The highest BCUT2D eigenvalue weighted by Crippen LogP contribution is 2.24. The molecule has 1 fully saturated rings. The molecular formula is C8H7ClFN3O3S. The van der Waals surface area contributed by atoms with E-state index in [0.29, 0.717) is 0 Å². The molecule has 1 atom stereocenters. The topological polar surface area (TPSA) is 80.2 Å². The van der Waals surface area contributed by atoms with E-state index >= 15 is 0 Å². The molecule has 2 heterocycles. The Morgan fingerprint density at radius 2 is 2.12 bits per heavy atom. The molecule has 6 nitrogen and oxygen atoms in total. The number of anilines is 1. The highest BCUT2D eigenvalue weighted by atomic mass is 35.5. The van der Waals surface area contributed by atoms with Crippen LogP contribution in [0.3, 0.4) is 0 Å². The Bertz CT molecular complexity index is 548. The van der Waals surface area contributed by atoms with Crippen molar-refractivity contribution in [2.45, 2.75) is 11.7 Å². The fraction of sp³-hybridized carbons (Fsp3) is 0.375. The largest absolute Gasteiger partial charge is 0.307 e. The van der Waals surface area contributed by atoms with E-state index < -0.39 is 21.4 Å². The Labute approximate surface area is 102 Å². The summed E-state index contributed by atoms with van der Waals surface area (Å²) in [5.74, 6) is -0.349. The molecule has 0 saturated carbocycles. The van der Waals surface area contributed by atoms with E-state index in [-0.39, 0.29) is 23.9 Å². The number of carbonyl (C=O) groups excluding carboxylic acids is 1. The van der Waals surface area contributed by atoms with Crippen LogP contribution in [0.25, 0.3) is 0 Å². The van der Waals surface area contributed by atoms with Crippen LogP contribution in [0.2, 0.25) is 5.15 Å². The van der Waals surface area contributed by atoms with Crippen molar-refractivity contribution < 1.29 is 17.1 Å². The smallest absolute Gasteiger partial charge is 0.294 e. The maximum absolute atomic E-state index is 12.8. The lowest BCUT2D eigenvalue weighted by molar-refractivity contribution is -0.117. The Morgan fingerprint density at radius 3 is 2.59 bits per heavy atom. The van der Waals surface area contributed by atoms with Crippen LogP contribution in [0.5, 0.6) is 0 Å². The average molecular weight is 280 g/mol. The van der Waals surface area contributed by atoms with Crippen molar-refractivity contribution in [3.8, 4) is 0 Å². The van der Waals surface area contributed by atoms with Crippen molar-refractivity contribution in [1.82, 2.24) is 10.2 Å². The number of amides is 1. The molecule has 1 aliphatic heterocycles. The molecule has 0 aliphatic carbocycles. The summed E-state index contributed by atoms with van der Waals surface area (Å²) in [6.07, 6.45) is -0.386. The van der Waals surface area contributed by atoms with Gasteiger partial charge in [0.15, 0.2) is 11.0 Å². The number of aromatic nitrogens is 2. The van der Waals surface area contributed by atoms with Gasteiger partial charge in [-0.1, -0.05) is 11.6 Å². The fourth-order valence-corrected chi connectivity index (χ4v) is 2.31. The van der Waals surface area contributed by atoms with E-state index in [9.17, 15) is 17.1 Å². The monoisotopic (exact) mass is 279 g/mol. The number of hydrogen-bond donors (Lipinski definition) is 0. The lowest BCUT2D eigenvalue weighted by Gasteiger charge is -2.13. The number of carbonyl (C=O) groups is 1. The molecule has 0 radical (unpaired) electrons. The van der Waals surface area contributed by atoms with Gasteiger partial charge in [0.05, 0.1) is 0 Å². The second-order valence-electron chi connectivity index (χ2n) is 3.52. The number of hydrogen-bond acceptors (Lipinski definition) is 5. The molecule has 1 aromatic rings. The Hall–Kier alpha value is -1.28. The van der Waals surface area contributed by atoms with E-state index in [2.05, 4.69) is 10.2 Å². The van der Waals surface area contributed by atoms with E-state index in [1.165, 1.54) is 12.1 Å². The molecule has 1 saturated heterocycles. The van der Waals surface area contributed by atoms with Crippen LogP contribution in [0, 0.1) is 0 Å². The van der Waals surface area contributed by atoms with Gasteiger partial charge < -0.3 is 0 Å². The van der Waals surface area contributed by atoms with Crippen LogP contribution in [0.15, 0.2) is 12.1 Å². The van der Waals surface area contributed by atoms with Gasteiger partial charge in [0.25, 0.3) is 0 Å². The maximum atomic E-state index is 12.8. The van der Waals surface area contributed by atoms with Crippen LogP contribution < -0.4 is 4.90 Å². The van der Waals surface area contributed by atoms with Crippen molar-refractivity contribution in [3.05, 3.63) is 17.3 Å². The molecular weight excluding hydrogens is 273 g/mol. The summed E-state index contributed by atoms with van der Waals surface area (Å²) in [6.45, 7) is -0.256. The molecule has 0 aromatic carbocycles. The van der Waals surface area contributed by atoms with Gasteiger partial charge in [-0.05, 0) is 12.1 Å². The Kier molecular flexibility index (Phi) is 3.00. The summed E-state index contributed by atoms with van der Waals surface area (Å²) >= 11 is 5.52. The summed E-state index contributed by atoms with van der Waals surface area (Å²) in [5.41, 5.74) is 0. The second kappa shape index (κ2) is 4.19. The molecule has 17 heavy (non-hydrogen) atoms. The van der Waals surface area contributed by atoms with Gasteiger partial charge in [-0.3, -0.25) is 9.69 Å². The first-order valence-electron chi connectivity index (χ1n) is 4.61. The minimum Gasteiger partial charge on any atom is -0.294 e. The highest BCUT2D eigenvalue weighted by molar-refractivity contribution is 7.87. The predicted molar refractivity (Wildman–Crippen MR) is 57.8 cm³/mol. The zero-order valence-electron chi connectivity index (χ0n) is 8.38. The first-order chi connectivity index (χ1) is 7.88. The highest BCUT2D eigenvalue weighted by Gasteiger charge is 2.39. The summed E-state index contributed by atoms with van der Waals surface area (Å²) in [5, 5.41) is 5.96. The zero-order valence-corrected chi connectivity index (χ0v) is 9.95. The first-order valence-corrected chi connectivity index (χ1v) is 6.43. The third-order valence-electron chi connectivity index (χ3n) is 2.38. The number of nitrogens with zero attached hydrogens (tertiary/aromatic N) is 3. The van der Waals surface area contributed by atoms with Crippen LogP contribution in [0.4, 0.5) is 9.70 Å². The van der Waals surface area contributed by atoms with E-state index in [1.807, 2.05) is 0 Å². The molecule has 9 heteroatoms. The van der Waals surface area contributed by atoms with Gasteiger partial charge >= 0.3 is 10.2 Å². The molecule has 1 amide bonds. The number of rotatable bonds is 2. The summed E-state index contributed by atoms with van der Waals surface area (Å²) in [7, 11) is -4.72. The Balaban J connectivity index is 2.24. The molecule has 0 bridgehead atoms. The average Bonchev–Trinajstić information content (AvgIpc) is 2.61. The van der Waals surface area contributed by atoms with Crippen molar-refractivity contribution in [1.29, 1.82) is 0 Å².